The number of alkyl halides is 3. The van der Waals surface area contributed by atoms with Crippen molar-refractivity contribution in [3.63, 3.8) is 0 Å². The van der Waals surface area contributed by atoms with Crippen LogP contribution in [-0.4, -0.2) is 16.3 Å². The fraction of sp³-hybridized carbons (Fsp3) is 0.0769. The standard InChI is InChI=1S/C13H10F3N3OS/c14-13(15,16)20-9-4-1-3-8(7-9)19-10-5-2-6-18-11(10)12(17)21/h1-7,19H,(H2,17,21). The van der Waals surface area contributed by atoms with Crippen LogP contribution in [0.25, 0.3) is 0 Å². The van der Waals surface area contributed by atoms with Crippen LogP contribution >= 0.6 is 12.2 Å². The summed E-state index contributed by atoms with van der Waals surface area (Å²) in [6.07, 6.45) is -3.22. The Kier molecular flexibility index (Phi) is 4.27. The fourth-order valence-corrected chi connectivity index (χ4v) is 1.79. The Morgan fingerprint density at radius 3 is 2.67 bits per heavy atom. The van der Waals surface area contributed by atoms with Crippen LogP contribution in [0, 0.1) is 0 Å². The number of pyridine rings is 1. The minimum atomic E-state index is -4.74. The number of hydrogen-bond acceptors (Lipinski definition) is 4. The van der Waals surface area contributed by atoms with E-state index in [0.29, 0.717) is 17.1 Å². The summed E-state index contributed by atoms with van der Waals surface area (Å²) in [4.78, 5) is 4.10. The third-order valence-corrected chi connectivity index (χ3v) is 2.58. The lowest BCUT2D eigenvalue weighted by molar-refractivity contribution is -0.274. The minimum absolute atomic E-state index is 0.0841. The Bertz CT molecular complexity index is 661. The number of nitrogens with zero attached hydrogens (tertiary/aromatic N) is 1. The van der Waals surface area contributed by atoms with E-state index < -0.39 is 6.36 Å². The average Bonchev–Trinajstić information content (AvgIpc) is 2.37. The maximum atomic E-state index is 12.2. The highest BCUT2D eigenvalue weighted by atomic mass is 32.1. The van der Waals surface area contributed by atoms with E-state index in [9.17, 15) is 13.2 Å². The molecule has 110 valence electrons. The van der Waals surface area contributed by atoms with Gasteiger partial charge in [-0.25, -0.2) is 0 Å². The van der Waals surface area contributed by atoms with Crippen molar-refractivity contribution in [1.82, 2.24) is 4.98 Å². The minimum Gasteiger partial charge on any atom is -0.406 e. The summed E-state index contributed by atoms with van der Waals surface area (Å²) in [7, 11) is 0. The number of thiocarbonyl (C=S) groups is 1. The lowest BCUT2D eigenvalue weighted by Crippen LogP contribution is -2.17. The molecule has 2 rings (SSSR count). The zero-order chi connectivity index (χ0) is 15.5. The quantitative estimate of drug-likeness (QED) is 0.848. The van der Waals surface area contributed by atoms with Gasteiger partial charge in [0.25, 0.3) is 0 Å². The van der Waals surface area contributed by atoms with Gasteiger partial charge in [-0.15, -0.1) is 13.2 Å². The summed E-state index contributed by atoms with van der Waals surface area (Å²) in [5.74, 6) is -0.326. The van der Waals surface area contributed by atoms with Gasteiger partial charge in [-0.2, -0.15) is 0 Å². The van der Waals surface area contributed by atoms with E-state index in [4.69, 9.17) is 18.0 Å². The fourth-order valence-electron chi connectivity index (χ4n) is 1.63. The first-order valence-corrected chi connectivity index (χ1v) is 6.13. The number of aromatic nitrogens is 1. The van der Waals surface area contributed by atoms with Crippen molar-refractivity contribution in [3.05, 3.63) is 48.3 Å². The van der Waals surface area contributed by atoms with Gasteiger partial charge < -0.3 is 15.8 Å². The topological polar surface area (TPSA) is 60.2 Å². The number of anilines is 2. The van der Waals surface area contributed by atoms with Gasteiger partial charge in [0.05, 0.1) is 5.69 Å². The monoisotopic (exact) mass is 313 g/mol. The summed E-state index contributed by atoms with van der Waals surface area (Å²) in [6.45, 7) is 0. The molecule has 0 fully saturated rings. The van der Waals surface area contributed by atoms with Crippen molar-refractivity contribution in [1.29, 1.82) is 0 Å². The van der Waals surface area contributed by atoms with Crippen molar-refractivity contribution in [2.45, 2.75) is 6.36 Å². The number of benzene rings is 1. The number of nitrogens with one attached hydrogen (secondary N) is 1. The number of hydrogen-bond donors (Lipinski definition) is 2. The zero-order valence-electron chi connectivity index (χ0n) is 10.5. The van der Waals surface area contributed by atoms with Crippen molar-refractivity contribution < 1.29 is 17.9 Å². The number of nitrogens with two attached hydrogens (primary N) is 1. The lowest BCUT2D eigenvalue weighted by Gasteiger charge is -2.12. The smallest absolute Gasteiger partial charge is 0.406 e. The highest BCUT2D eigenvalue weighted by molar-refractivity contribution is 7.80. The third kappa shape index (κ3) is 4.32. The van der Waals surface area contributed by atoms with Crippen LogP contribution in [0.5, 0.6) is 5.75 Å². The van der Waals surface area contributed by atoms with Gasteiger partial charge in [0.1, 0.15) is 16.4 Å². The third-order valence-electron chi connectivity index (χ3n) is 2.39. The Morgan fingerprint density at radius 2 is 2.00 bits per heavy atom. The van der Waals surface area contributed by atoms with Gasteiger partial charge in [0.2, 0.25) is 0 Å². The van der Waals surface area contributed by atoms with Crippen molar-refractivity contribution in [2.75, 3.05) is 5.32 Å². The molecule has 1 aromatic carbocycles. The predicted molar refractivity (Wildman–Crippen MR) is 76.5 cm³/mol. The number of ether oxygens (including phenoxy) is 1. The molecule has 4 nitrogen and oxygen atoms in total. The molecule has 8 heteroatoms. The first kappa shape index (κ1) is 15.0. The van der Waals surface area contributed by atoms with Gasteiger partial charge in [-0.05, 0) is 24.3 Å². The van der Waals surface area contributed by atoms with Crippen LogP contribution in [-0.2, 0) is 0 Å². The predicted octanol–water partition coefficient (Wildman–Crippen LogP) is 3.36. The van der Waals surface area contributed by atoms with Crippen LogP contribution in [0.1, 0.15) is 5.69 Å². The summed E-state index contributed by atoms with van der Waals surface area (Å²) >= 11 is 4.87. The maximum absolute atomic E-state index is 12.2. The summed E-state index contributed by atoms with van der Waals surface area (Å²) in [5.41, 5.74) is 6.78. The Hall–Kier alpha value is -2.35. The molecular formula is C13H10F3N3OS. The number of halogens is 3. The van der Waals surface area contributed by atoms with Crippen LogP contribution < -0.4 is 15.8 Å². The number of rotatable bonds is 4. The molecule has 0 aliphatic rings. The van der Waals surface area contributed by atoms with Gasteiger partial charge in [-0.1, -0.05) is 18.3 Å². The Labute approximate surface area is 123 Å². The van der Waals surface area contributed by atoms with Crippen LogP contribution in [0.3, 0.4) is 0 Å². The molecule has 1 aromatic heterocycles. The van der Waals surface area contributed by atoms with E-state index in [1.54, 1.807) is 18.2 Å². The highest BCUT2D eigenvalue weighted by Crippen LogP contribution is 2.27. The molecule has 1 heterocycles. The van der Waals surface area contributed by atoms with Gasteiger partial charge in [0, 0.05) is 18.0 Å². The highest BCUT2D eigenvalue weighted by Gasteiger charge is 2.31. The molecule has 0 radical (unpaired) electrons. The molecule has 0 unspecified atom stereocenters. The second-order valence-corrected chi connectivity index (χ2v) is 4.40. The Balaban J connectivity index is 2.25. The van der Waals surface area contributed by atoms with Crippen LogP contribution in [0.15, 0.2) is 42.6 Å². The molecule has 0 aliphatic heterocycles. The summed E-state index contributed by atoms with van der Waals surface area (Å²) < 4.78 is 40.4. The molecule has 0 saturated heterocycles. The van der Waals surface area contributed by atoms with Crippen molar-refractivity contribution in [3.8, 4) is 5.75 Å². The second-order valence-electron chi connectivity index (χ2n) is 3.96. The van der Waals surface area contributed by atoms with E-state index in [1.807, 2.05) is 0 Å². The SMILES string of the molecule is NC(=S)c1ncccc1Nc1cccc(OC(F)(F)F)c1. The van der Waals surface area contributed by atoms with E-state index >= 15 is 0 Å². The van der Waals surface area contributed by atoms with Crippen LogP contribution in [0.2, 0.25) is 0 Å². The molecule has 21 heavy (non-hydrogen) atoms. The van der Waals surface area contributed by atoms with E-state index in [2.05, 4.69) is 15.0 Å². The normalized spacial score (nSPS) is 11.0. The van der Waals surface area contributed by atoms with E-state index in [-0.39, 0.29) is 10.7 Å². The maximum Gasteiger partial charge on any atom is 0.573 e. The summed E-state index contributed by atoms with van der Waals surface area (Å²) in [6, 6.07) is 8.75. The largest absolute Gasteiger partial charge is 0.573 e. The molecule has 0 aliphatic carbocycles. The molecule has 0 bridgehead atoms. The molecule has 0 amide bonds. The molecule has 0 atom stereocenters. The molecule has 0 saturated carbocycles. The van der Waals surface area contributed by atoms with E-state index in [0.717, 1.165) is 0 Å². The van der Waals surface area contributed by atoms with Crippen molar-refractivity contribution >= 4 is 28.6 Å². The zero-order valence-corrected chi connectivity index (χ0v) is 11.3. The second kappa shape index (κ2) is 5.96. The first-order valence-electron chi connectivity index (χ1n) is 5.73. The average molecular weight is 313 g/mol. The summed E-state index contributed by atoms with van der Waals surface area (Å²) in [5, 5.41) is 2.90. The first-order chi connectivity index (χ1) is 9.85. The van der Waals surface area contributed by atoms with Gasteiger partial charge in [0.15, 0.2) is 0 Å². The van der Waals surface area contributed by atoms with E-state index in [1.165, 1.54) is 24.4 Å². The molecule has 3 N–H and O–H groups in total. The van der Waals surface area contributed by atoms with Crippen LogP contribution in [0.4, 0.5) is 24.5 Å². The molecule has 2 aromatic rings. The molecular weight excluding hydrogens is 303 g/mol. The Morgan fingerprint density at radius 1 is 1.24 bits per heavy atom. The molecule has 0 spiro atoms. The van der Waals surface area contributed by atoms with Gasteiger partial charge >= 0.3 is 6.36 Å². The lowest BCUT2D eigenvalue weighted by atomic mass is 10.2. The van der Waals surface area contributed by atoms with Crippen molar-refractivity contribution in [2.24, 2.45) is 5.73 Å². The van der Waals surface area contributed by atoms with Gasteiger partial charge in [-0.3, -0.25) is 4.98 Å².